The van der Waals surface area contributed by atoms with E-state index in [0.29, 0.717) is 5.02 Å². The SMILES string of the molecule is O=[N+]([O-])c1ccc(Cl)cc1Oc1cc(Cl)ncn1. The predicted octanol–water partition coefficient (Wildman–Crippen LogP) is 3.48. The highest BCUT2D eigenvalue weighted by Gasteiger charge is 2.16. The summed E-state index contributed by atoms with van der Waals surface area (Å²) >= 11 is 11.4. The van der Waals surface area contributed by atoms with Crippen molar-refractivity contribution in [3.8, 4) is 11.6 Å². The molecule has 92 valence electrons. The highest BCUT2D eigenvalue weighted by molar-refractivity contribution is 6.30. The van der Waals surface area contributed by atoms with Gasteiger partial charge >= 0.3 is 5.69 Å². The van der Waals surface area contributed by atoms with Crippen LogP contribution >= 0.6 is 23.2 Å². The Morgan fingerprint density at radius 3 is 2.67 bits per heavy atom. The van der Waals surface area contributed by atoms with Crippen molar-refractivity contribution in [2.24, 2.45) is 0 Å². The normalized spacial score (nSPS) is 10.1. The molecule has 0 amide bonds. The number of ether oxygens (including phenoxy) is 1. The lowest BCUT2D eigenvalue weighted by molar-refractivity contribution is -0.385. The quantitative estimate of drug-likeness (QED) is 0.490. The van der Waals surface area contributed by atoms with Gasteiger partial charge in [-0.25, -0.2) is 9.97 Å². The Labute approximate surface area is 111 Å². The molecule has 0 aliphatic rings. The molecule has 6 nitrogen and oxygen atoms in total. The lowest BCUT2D eigenvalue weighted by Gasteiger charge is -2.05. The summed E-state index contributed by atoms with van der Waals surface area (Å²) in [6, 6.07) is 5.32. The second kappa shape index (κ2) is 5.16. The monoisotopic (exact) mass is 285 g/mol. The minimum atomic E-state index is -0.575. The van der Waals surface area contributed by atoms with E-state index in [4.69, 9.17) is 27.9 Å². The van der Waals surface area contributed by atoms with E-state index in [1.807, 2.05) is 0 Å². The number of halogens is 2. The molecule has 0 aliphatic heterocycles. The Bertz CT molecular complexity index is 607. The first-order valence-corrected chi connectivity index (χ1v) is 5.41. The lowest BCUT2D eigenvalue weighted by Crippen LogP contribution is -1.95. The summed E-state index contributed by atoms with van der Waals surface area (Å²) in [6.45, 7) is 0. The lowest BCUT2D eigenvalue weighted by atomic mass is 10.3. The highest BCUT2D eigenvalue weighted by atomic mass is 35.5. The molecule has 1 aromatic carbocycles. The average molecular weight is 286 g/mol. The third kappa shape index (κ3) is 2.85. The summed E-state index contributed by atoms with van der Waals surface area (Å²) in [7, 11) is 0. The number of nitro groups is 1. The van der Waals surface area contributed by atoms with Crippen molar-refractivity contribution in [2.45, 2.75) is 0 Å². The minimum absolute atomic E-state index is 0.0118. The third-order valence-corrected chi connectivity index (χ3v) is 2.38. The molecule has 18 heavy (non-hydrogen) atoms. The molecule has 1 heterocycles. The van der Waals surface area contributed by atoms with Crippen LogP contribution in [0.2, 0.25) is 10.2 Å². The maximum Gasteiger partial charge on any atom is 0.311 e. The molecule has 1 aromatic heterocycles. The molecule has 0 unspecified atom stereocenters. The van der Waals surface area contributed by atoms with Crippen LogP contribution in [0.15, 0.2) is 30.6 Å². The van der Waals surface area contributed by atoms with E-state index < -0.39 is 4.92 Å². The van der Waals surface area contributed by atoms with Crippen LogP contribution in [0.3, 0.4) is 0 Å². The van der Waals surface area contributed by atoms with Gasteiger partial charge in [0.25, 0.3) is 0 Å². The van der Waals surface area contributed by atoms with Gasteiger partial charge < -0.3 is 4.74 Å². The largest absolute Gasteiger partial charge is 0.432 e. The fraction of sp³-hybridized carbons (Fsp3) is 0. The molecule has 2 rings (SSSR count). The number of rotatable bonds is 3. The smallest absolute Gasteiger partial charge is 0.311 e. The van der Waals surface area contributed by atoms with Crippen LogP contribution in [0.4, 0.5) is 5.69 Å². The van der Waals surface area contributed by atoms with Gasteiger partial charge in [-0.2, -0.15) is 0 Å². The summed E-state index contributed by atoms with van der Waals surface area (Å²) < 4.78 is 5.27. The van der Waals surface area contributed by atoms with Gasteiger partial charge in [0.1, 0.15) is 11.5 Å². The summed E-state index contributed by atoms with van der Waals surface area (Å²) in [6.07, 6.45) is 1.19. The van der Waals surface area contributed by atoms with Crippen LogP contribution in [0, 0.1) is 10.1 Å². The van der Waals surface area contributed by atoms with Crippen molar-refractivity contribution < 1.29 is 9.66 Å². The number of nitro benzene ring substituents is 1. The summed E-state index contributed by atoms with van der Waals surface area (Å²) in [4.78, 5) is 17.7. The van der Waals surface area contributed by atoms with E-state index in [1.165, 1.54) is 30.6 Å². The first kappa shape index (κ1) is 12.5. The maximum absolute atomic E-state index is 10.8. The van der Waals surface area contributed by atoms with Crippen LogP contribution in [0.5, 0.6) is 11.6 Å². The Kier molecular flexibility index (Phi) is 3.59. The van der Waals surface area contributed by atoms with Crippen LogP contribution in [0.1, 0.15) is 0 Å². The third-order valence-electron chi connectivity index (χ3n) is 1.94. The number of nitrogens with zero attached hydrogens (tertiary/aromatic N) is 3. The molecule has 0 saturated carbocycles. The topological polar surface area (TPSA) is 78.2 Å². The Morgan fingerprint density at radius 2 is 2.00 bits per heavy atom. The molecule has 8 heteroatoms. The van der Waals surface area contributed by atoms with Gasteiger partial charge in [-0.3, -0.25) is 10.1 Å². The van der Waals surface area contributed by atoms with Gasteiger partial charge in [0.05, 0.1) is 4.92 Å². The molecule has 0 radical (unpaired) electrons. The number of benzene rings is 1. The minimum Gasteiger partial charge on any atom is -0.432 e. The molecule has 0 saturated heterocycles. The van der Waals surface area contributed by atoms with Crippen LogP contribution in [-0.4, -0.2) is 14.9 Å². The molecule has 0 aliphatic carbocycles. The molecule has 0 bridgehead atoms. The van der Waals surface area contributed by atoms with Crippen molar-refractivity contribution in [3.63, 3.8) is 0 Å². The zero-order valence-electron chi connectivity index (χ0n) is 8.71. The molecule has 0 N–H and O–H groups in total. The van der Waals surface area contributed by atoms with E-state index in [0.717, 1.165) is 0 Å². The summed E-state index contributed by atoms with van der Waals surface area (Å²) in [5, 5.41) is 11.3. The van der Waals surface area contributed by atoms with Crippen LogP contribution < -0.4 is 4.74 Å². The Morgan fingerprint density at radius 1 is 1.22 bits per heavy atom. The summed E-state index contributed by atoms with van der Waals surface area (Å²) in [5.74, 6) is 0.0858. The van der Waals surface area contributed by atoms with Crippen molar-refractivity contribution in [1.29, 1.82) is 0 Å². The van der Waals surface area contributed by atoms with Gasteiger partial charge in [0.15, 0.2) is 0 Å². The first-order chi connectivity index (χ1) is 8.56. The number of hydrogen-bond acceptors (Lipinski definition) is 5. The van der Waals surface area contributed by atoms with Crippen molar-refractivity contribution >= 4 is 28.9 Å². The highest BCUT2D eigenvalue weighted by Crippen LogP contribution is 2.33. The zero-order valence-corrected chi connectivity index (χ0v) is 10.2. The van der Waals surface area contributed by atoms with E-state index in [9.17, 15) is 10.1 Å². The maximum atomic E-state index is 10.8. The van der Waals surface area contributed by atoms with Gasteiger partial charge in [-0.15, -0.1) is 0 Å². The van der Waals surface area contributed by atoms with E-state index >= 15 is 0 Å². The molecular weight excluding hydrogens is 281 g/mol. The van der Waals surface area contributed by atoms with E-state index in [2.05, 4.69) is 9.97 Å². The van der Waals surface area contributed by atoms with Crippen LogP contribution in [-0.2, 0) is 0 Å². The standard InChI is InChI=1S/C10H5Cl2N3O3/c11-6-1-2-7(15(16)17)8(3-6)18-10-4-9(12)13-5-14-10/h1-5H. The number of hydrogen-bond donors (Lipinski definition) is 0. The fourth-order valence-electron chi connectivity index (χ4n) is 1.21. The summed E-state index contributed by atoms with van der Waals surface area (Å²) in [5.41, 5.74) is -0.214. The zero-order chi connectivity index (χ0) is 13.1. The predicted molar refractivity (Wildman–Crippen MR) is 65.2 cm³/mol. The average Bonchev–Trinajstić information content (AvgIpc) is 2.28. The van der Waals surface area contributed by atoms with E-state index in [-0.39, 0.29) is 22.5 Å². The Balaban J connectivity index is 2.39. The van der Waals surface area contributed by atoms with Crippen molar-refractivity contribution in [1.82, 2.24) is 9.97 Å². The molecule has 2 aromatic rings. The Hall–Kier alpha value is -1.92. The second-order valence-corrected chi connectivity index (χ2v) is 3.97. The second-order valence-electron chi connectivity index (χ2n) is 3.15. The molecule has 0 spiro atoms. The van der Waals surface area contributed by atoms with Gasteiger partial charge in [-0.05, 0) is 6.07 Å². The molecule has 0 fully saturated rings. The van der Waals surface area contributed by atoms with Crippen molar-refractivity contribution in [3.05, 3.63) is 50.9 Å². The first-order valence-electron chi connectivity index (χ1n) is 4.65. The fourth-order valence-corrected chi connectivity index (χ4v) is 1.51. The van der Waals surface area contributed by atoms with Crippen LogP contribution in [0.25, 0.3) is 0 Å². The van der Waals surface area contributed by atoms with Gasteiger partial charge in [0, 0.05) is 23.2 Å². The van der Waals surface area contributed by atoms with Crippen molar-refractivity contribution in [2.75, 3.05) is 0 Å². The molecule has 0 atom stereocenters. The van der Waals surface area contributed by atoms with Gasteiger partial charge in [0.2, 0.25) is 11.6 Å². The van der Waals surface area contributed by atoms with E-state index in [1.54, 1.807) is 0 Å². The number of aromatic nitrogens is 2. The van der Waals surface area contributed by atoms with Gasteiger partial charge in [-0.1, -0.05) is 23.2 Å². The molecular formula is C10H5Cl2N3O3.